The number of ether oxygens (including phenoxy) is 1. The molecular formula is C24H29ClN2O2. The van der Waals surface area contributed by atoms with Crippen molar-refractivity contribution < 1.29 is 9.53 Å². The molecule has 1 aromatic heterocycles. The molecule has 3 atom stereocenters. The Morgan fingerprint density at radius 2 is 1.83 bits per heavy atom. The van der Waals surface area contributed by atoms with Gasteiger partial charge in [-0.2, -0.15) is 0 Å². The average molecular weight is 413 g/mol. The number of rotatable bonds is 4. The summed E-state index contributed by atoms with van der Waals surface area (Å²) in [5.74, 6) is 2.72. The maximum Gasteiger partial charge on any atom is 0.253 e. The van der Waals surface area contributed by atoms with Crippen LogP contribution in [0.4, 0.5) is 0 Å². The Morgan fingerprint density at radius 3 is 2.41 bits per heavy atom. The number of carbonyl (C=O) groups excluding carboxylic acids is 1. The standard InChI is InChI=1S/C24H29ClN2O2/c1-14(24-9-15-6-16(10-24)8-17(7-15)11-24)26-23(28)19-12-27(21-13-29-22(21)25)20-5-3-2-4-18(19)20/h2-5,12,14-17,21-22H,6-11,13H2,1H3,(H,26,28). The van der Waals surface area contributed by atoms with E-state index in [4.69, 9.17) is 16.3 Å². The van der Waals surface area contributed by atoms with E-state index in [2.05, 4.69) is 22.9 Å². The zero-order chi connectivity index (χ0) is 19.8. The predicted octanol–water partition coefficient (Wildman–Crippen LogP) is 5.11. The number of benzene rings is 1. The molecule has 3 unspecified atom stereocenters. The molecule has 4 bridgehead atoms. The Morgan fingerprint density at radius 1 is 1.17 bits per heavy atom. The Balaban J connectivity index is 1.28. The first-order valence-corrected chi connectivity index (χ1v) is 11.6. The number of nitrogens with zero attached hydrogens (tertiary/aromatic N) is 1. The quantitative estimate of drug-likeness (QED) is 0.709. The predicted molar refractivity (Wildman–Crippen MR) is 114 cm³/mol. The Hall–Kier alpha value is -1.52. The molecule has 1 amide bonds. The van der Waals surface area contributed by atoms with Crippen molar-refractivity contribution >= 4 is 28.4 Å². The highest BCUT2D eigenvalue weighted by Gasteiger charge is 2.53. The number of hydrogen-bond acceptors (Lipinski definition) is 2. The Bertz CT molecular complexity index is 932. The van der Waals surface area contributed by atoms with E-state index < -0.39 is 0 Å². The molecule has 5 aliphatic rings. The van der Waals surface area contributed by atoms with Crippen molar-refractivity contribution in [2.24, 2.45) is 23.2 Å². The molecular weight excluding hydrogens is 384 g/mol. The van der Waals surface area contributed by atoms with Gasteiger partial charge in [-0.15, -0.1) is 0 Å². The minimum atomic E-state index is -0.326. The van der Waals surface area contributed by atoms with Crippen molar-refractivity contribution in [1.29, 1.82) is 0 Å². The first-order chi connectivity index (χ1) is 14.0. The van der Waals surface area contributed by atoms with Gasteiger partial charge in [-0.25, -0.2) is 0 Å². The van der Waals surface area contributed by atoms with Gasteiger partial charge in [0.25, 0.3) is 5.91 Å². The van der Waals surface area contributed by atoms with Crippen molar-refractivity contribution in [2.45, 2.75) is 63.1 Å². The zero-order valence-electron chi connectivity index (χ0n) is 16.9. The summed E-state index contributed by atoms with van der Waals surface area (Å²) < 4.78 is 7.49. The number of nitrogens with one attached hydrogen (secondary N) is 1. The summed E-state index contributed by atoms with van der Waals surface area (Å²) in [6.45, 7) is 2.84. The summed E-state index contributed by atoms with van der Waals surface area (Å²) in [4.78, 5) is 13.4. The topological polar surface area (TPSA) is 43.3 Å². The lowest BCUT2D eigenvalue weighted by Crippen LogP contribution is -2.55. The van der Waals surface area contributed by atoms with Crippen LogP contribution < -0.4 is 5.32 Å². The third-order valence-corrected chi connectivity index (χ3v) is 8.84. The van der Waals surface area contributed by atoms with Crippen LogP contribution in [0.1, 0.15) is 61.8 Å². The van der Waals surface area contributed by atoms with Crippen LogP contribution in [0.5, 0.6) is 0 Å². The van der Waals surface area contributed by atoms with Crippen LogP contribution in [-0.2, 0) is 4.74 Å². The van der Waals surface area contributed by atoms with E-state index in [9.17, 15) is 4.79 Å². The molecule has 4 saturated carbocycles. The summed E-state index contributed by atoms with van der Waals surface area (Å²) in [6, 6.07) is 8.43. The molecule has 1 N–H and O–H groups in total. The molecule has 0 radical (unpaired) electrons. The number of amides is 1. The Kier molecular flexibility index (Phi) is 4.09. The molecule has 5 fully saturated rings. The van der Waals surface area contributed by atoms with E-state index >= 15 is 0 Å². The van der Waals surface area contributed by atoms with Gasteiger partial charge in [0.15, 0.2) is 5.56 Å². The van der Waals surface area contributed by atoms with E-state index in [-0.39, 0.29) is 23.6 Å². The molecule has 4 nitrogen and oxygen atoms in total. The van der Waals surface area contributed by atoms with Crippen LogP contribution in [0.2, 0.25) is 0 Å². The second kappa shape index (κ2) is 6.49. The van der Waals surface area contributed by atoms with Crippen molar-refractivity contribution in [3.05, 3.63) is 36.0 Å². The van der Waals surface area contributed by atoms with Gasteiger partial charge in [-0.05, 0) is 74.7 Å². The second-order valence-electron chi connectivity index (χ2n) is 10.2. The normalized spacial score (nSPS) is 38.8. The van der Waals surface area contributed by atoms with Crippen LogP contribution in [0.25, 0.3) is 10.9 Å². The number of hydrogen-bond donors (Lipinski definition) is 1. The van der Waals surface area contributed by atoms with E-state index in [1.807, 2.05) is 24.4 Å². The highest BCUT2D eigenvalue weighted by atomic mass is 35.5. The van der Waals surface area contributed by atoms with Crippen LogP contribution in [0, 0.1) is 23.2 Å². The lowest BCUT2D eigenvalue weighted by atomic mass is 9.48. The molecule has 2 aromatic rings. The van der Waals surface area contributed by atoms with Crippen molar-refractivity contribution in [3.63, 3.8) is 0 Å². The van der Waals surface area contributed by atoms with Gasteiger partial charge in [0, 0.05) is 23.1 Å². The van der Waals surface area contributed by atoms with E-state index in [1.165, 1.54) is 38.5 Å². The molecule has 7 rings (SSSR count). The highest BCUT2D eigenvalue weighted by Crippen LogP contribution is 2.61. The summed E-state index contributed by atoms with van der Waals surface area (Å²) in [5, 5.41) is 4.43. The zero-order valence-corrected chi connectivity index (χ0v) is 17.7. The van der Waals surface area contributed by atoms with E-state index in [0.717, 1.165) is 34.2 Å². The van der Waals surface area contributed by atoms with Gasteiger partial charge in [-0.1, -0.05) is 29.8 Å². The lowest BCUT2D eigenvalue weighted by Gasteiger charge is -2.59. The summed E-state index contributed by atoms with van der Waals surface area (Å²) in [6.07, 6.45) is 10.2. The smallest absolute Gasteiger partial charge is 0.253 e. The third kappa shape index (κ3) is 2.79. The molecule has 4 aliphatic carbocycles. The van der Waals surface area contributed by atoms with Crippen molar-refractivity contribution in [1.82, 2.24) is 9.88 Å². The Labute approximate surface area is 176 Å². The monoisotopic (exact) mass is 412 g/mol. The second-order valence-corrected chi connectivity index (χ2v) is 10.6. The molecule has 1 saturated heterocycles. The lowest BCUT2D eigenvalue weighted by molar-refractivity contribution is -0.0688. The average Bonchev–Trinajstić information content (AvgIpc) is 3.05. The third-order valence-electron chi connectivity index (χ3n) is 8.42. The molecule has 29 heavy (non-hydrogen) atoms. The van der Waals surface area contributed by atoms with Crippen LogP contribution in [0.15, 0.2) is 30.5 Å². The minimum Gasteiger partial charge on any atom is -0.358 e. The summed E-state index contributed by atoms with van der Waals surface area (Å²) in [7, 11) is 0. The number of aromatic nitrogens is 1. The first-order valence-electron chi connectivity index (χ1n) is 11.2. The minimum absolute atomic E-state index is 0.0505. The maximum atomic E-state index is 13.4. The highest BCUT2D eigenvalue weighted by molar-refractivity contribution is 6.20. The molecule has 2 heterocycles. The number of fused-ring (bicyclic) bond motifs is 1. The number of halogens is 1. The maximum absolute atomic E-state index is 13.4. The van der Waals surface area contributed by atoms with Gasteiger partial charge in [0.1, 0.15) is 0 Å². The summed E-state index contributed by atoms with van der Waals surface area (Å²) >= 11 is 6.26. The number of alkyl halides is 1. The van der Waals surface area contributed by atoms with Crippen molar-refractivity contribution in [2.75, 3.05) is 6.61 Å². The molecule has 1 aromatic carbocycles. The summed E-state index contributed by atoms with van der Waals surface area (Å²) in [5.41, 5.74) is 1.80. The fraction of sp³-hybridized carbons (Fsp3) is 0.625. The number of para-hydroxylation sites is 1. The van der Waals surface area contributed by atoms with Crippen LogP contribution in [-0.4, -0.2) is 28.7 Å². The van der Waals surface area contributed by atoms with Crippen LogP contribution >= 0.6 is 11.6 Å². The molecule has 5 heteroatoms. The van der Waals surface area contributed by atoms with Gasteiger partial charge < -0.3 is 14.6 Å². The largest absolute Gasteiger partial charge is 0.358 e. The molecule has 154 valence electrons. The molecule has 0 spiro atoms. The number of carbonyl (C=O) groups is 1. The fourth-order valence-electron chi connectivity index (χ4n) is 7.26. The van der Waals surface area contributed by atoms with Gasteiger partial charge >= 0.3 is 0 Å². The SMILES string of the molecule is CC(NC(=O)c1cn(C2COC2Cl)c2ccccc12)C12CC3CC(CC(C3)C1)C2. The van der Waals surface area contributed by atoms with Crippen molar-refractivity contribution in [3.8, 4) is 0 Å². The fourth-order valence-corrected chi connectivity index (χ4v) is 7.52. The van der Waals surface area contributed by atoms with E-state index in [1.54, 1.807) is 0 Å². The van der Waals surface area contributed by atoms with Crippen LogP contribution in [0.3, 0.4) is 0 Å². The first kappa shape index (κ1) is 18.3. The molecule has 1 aliphatic heterocycles. The van der Waals surface area contributed by atoms with Gasteiger partial charge in [0.2, 0.25) is 0 Å². The van der Waals surface area contributed by atoms with Gasteiger partial charge in [-0.3, -0.25) is 4.79 Å². The van der Waals surface area contributed by atoms with E-state index in [0.29, 0.717) is 12.0 Å². The van der Waals surface area contributed by atoms with Gasteiger partial charge in [0.05, 0.1) is 18.2 Å².